The molecule has 2 rings (SSSR count). The Balaban J connectivity index is 2.10. The fraction of sp³-hybridized carbons (Fsp3) is 0.462. The highest BCUT2D eigenvalue weighted by molar-refractivity contribution is 5.90. The van der Waals surface area contributed by atoms with Gasteiger partial charge in [0.2, 0.25) is 0 Å². The van der Waals surface area contributed by atoms with E-state index < -0.39 is 23.9 Å². The number of benzene rings is 1. The molecule has 1 aromatic rings. The molecule has 1 saturated heterocycles. The molecule has 1 aliphatic rings. The second-order valence-electron chi connectivity index (χ2n) is 4.59. The molecule has 1 fully saturated rings. The zero-order chi connectivity index (χ0) is 15.5. The summed E-state index contributed by atoms with van der Waals surface area (Å²) in [5, 5.41) is 11.3. The summed E-state index contributed by atoms with van der Waals surface area (Å²) in [4.78, 5) is 13.3. The Morgan fingerprint density at radius 2 is 2.14 bits per heavy atom. The van der Waals surface area contributed by atoms with Crippen LogP contribution in [0.2, 0.25) is 0 Å². The molecule has 8 heteroatoms. The maximum Gasteiger partial charge on any atom is 0.418 e. The van der Waals surface area contributed by atoms with Crippen LogP contribution in [-0.4, -0.2) is 48.4 Å². The molecular formula is C13H15F3N2O3. The Morgan fingerprint density at radius 1 is 1.43 bits per heavy atom. The van der Waals surface area contributed by atoms with Gasteiger partial charge in [0.1, 0.15) is 0 Å². The number of urea groups is 1. The van der Waals surface area contributed by atoms with Gasteiger partial charge in [-0.2, -0.15) is 13.2 Å². The molecule has 0 saturated carbocycles. The molecule has 0 bridgehead atoms. The van der Waals surface area contributed by atoms with E-state index in [1.54, 1.807) is 0 Å². The van der Waals surface area contributed by atoms with Crippen LogP contribution in [0.15, 0.2) is 24.3 Å². The molecule has 0 aromatic heterocycles. The Bertz CT molecular complexity index is 508. The smallest absolute Gasteiger partial charge is 0.394 e. The van der Waals surface area contributed by atoms with Crippen LogP contribution in [0.3, 0.4) is 0 Å². The topological polar surface area (TPSA) is 61.8 Å². The van der Waals surface area contributed by atoms with Gasteiger partial charge >= 0.3 is 12.2 Å². The van der Waals surface area contributed by atoms with Crippen molar-refractivity contribution in [1.82, 2.24) is 4.90 Å². The number of rotatable bonds is 2. The first-order chi connectivity index (χ1) is 9.91. The molecule has 0 aliphatic carbocycles. The van der Waals surface area contributed by atoms with Crippen LogP contribution in [0.5, 0.6) is 0 Å². The van der Waals surface area contributed by atoms with Gasteiger partial charge in [0.05, 0.1) is 37.1 Å². The summed E-state index contributed by atoms with van der Waals surface area (Å²) < 4.78 is 43.7. The van der Waals surface area contributed by atoms with Crippen LogP contribution >= 0.6 is 0 Å². The number of anilines is 1. The fourth-order valence-electron chi connectivity index (χ4n) is 2.05. The number of hydrogen-bond donors (Lipinski definition) is 2. The fourth-order valence-corrected chi connectivity index (χ4v) is 2.05. The Hall–Kier alpha value is -1.80. The number of nitrogens with one attached hydrogen (secondary N) is 1. The van der Waals surface area contributed by atoms with E-state index >= 15 is 0 Å². The van der Waals surface area contributed by atoms with Gasteiger partial charge in [-0.1, -0.05) is 12.1 Å². The van der Waals surface area contributed by atoms with E-state index in [1.807, 2.05) is 0 Å². The normalized spacial score (nSPS) is 19.4. The van der Waals surface area contributed by atoms with Gasteiger partial charge in [-0.25, -0.2) is 4.79 Å². The van der Waals surface area contributed by atoms with Gasteiger partial charge < -0.3 is 20.1 Å². The first-order valence-electron chi connectivity index (χ1n) is 6.36. The monoisotopic (exact) mass is 304 g/mol. The Morgan fingerprint density at radius 3 is 2.81 bits per heavy atom. The van der Waals surface area contributed by atoms with E-state index in [2.05, 4.69) is 5.32 Å². The van der Waals surface area contributed by atoms with E-state index in [0.717, 1.165) is 6.07 Å². The third-order valence-corrected chi connectivity index (χ3v) is 3.10. The number of morpholine rings is 1. The predicted octanol–water partition coefficient (Wildman–Crippen LogP) is 1.93. The second kappa shape index (κ2) is 6.31. The number of hydrogen-bond acceptors (Lipinski definition) is 3. The second-order valence-corrected chi connectivity index (χ2v) is 4.59. The first-order valence-corrected chi connectivity index (χ1v) is 6.36. The van der Waals surface area contributed by atoms with Crippen LogP contribution in [-0.2, 0) is 10.9 Å². The molecule has 2 N–H and O–H groups in total. The summed E-state index contributed by atoms with van der Waals surface area (Å²) in [5.74, 6) is 0. The summed E-state index contributed by atoms with van der Waals surface area (Å²) in [7, 11) is 0. The minimum atomic E-state index is -4.54. The first kappa shape index (κ1) is 15.6. The van der Waals surface area contributed by atoms with Crippen LogP contribution in [0.4, 0.5) is 23.7 Å². The average Bonchev–Trinajstić information content (AvgIpc) is 2.46. The minimum absolute atomic E-state index is 0.135. The number of alkyl halides is 3. The lowest BCUT2D eigenvalue weighted by molar-refractivity contribution is -0.136. The number of carbonyl (C=O) groups excluding carboxylic acids is 1. The molecular weight excluding hydrogens is 289 g/mol. The van der Waals surface area contributed by atoms with Gasteiger partial charge in [0.15, 0.2) is 0 Å². The van der Waals surface area contributed by atoms with Crippen molar-refractivity contribution in [2.75, 3.05) is 31.6 Å². The summed E-state index contributed by atoms with van der Waals surface area (Å²) in [6.07, 6.45) is -5.05. The number of amides is 2. The van der Waals surface area contributed by atoms with Crippen molar-refractivity contribution in [3.8, 4) is 0 Å². The quantitative estimate of drug-likeness (QED) is 0.877. The molecule has 1 aromatic carbocycles. The van der Waals surface area contributed by atoms with E-state index in [1.165, 1.54) is 23.1 Å². The van der Waals surface area contributed by atoms with Crippen LogP contribution in [0.1, 0.15) is 5.56 Å². The number of halogens is 3. The van der Waals surface area contributed by atoms with Crippen molar-refractivity contribution in [2.45, 2.75) is 12.3 Å². The minimum Gasteiger partial charge on any atom is -0.394 e. The molecule has 5 nitrogen and oxygen atoms in total. The number of aliphatic hydroxyl groups excluding tert-OH is 1. The van der Waals surface area contributed by atoms with Gasteiger partial charge in [-0.3, -0.25) is 0 Å². The molecule has 0 radical (unpaired) electrons. The lowest BCUT2D eigenvalue weighted by atomic mass is 10.1. The van der Waals surface area contributed by atoms with Crippen LogP contribution < -0.4 is 5.32 Å². The number of carbonyl (C=O) groups is 1. The predicted molar refractivity (Wildman–Crippen MR) is 68.9 cm³/mol. The molecule has 21 heavy (non-hydrogen) atoms. The third kappa shape index (κ3) is 3.85. The van der Waals surface area contributed by atoms with E-state index in [-0.39, 0.29) is 32.0 Å². The molecule has 1 unspecified atom stereocenters. The van der Waals surface area contributed by atoms with Gasteiger partial charge in [-0.15, -0.1) is 0 Å². The van der Waals surface area contributed by atoms with Crippen molar-refractivity contribution < 1.29 is 27.8 Å². The molecule has 0 spiro atoms. The molecule has 1 aliphatic heterocycles. The van der Waals surface area contributed by atoms with Crippen molar-refractivity contribution in [3.05, 3.63) is 29.8 Å². The highest BCUT2D eigenvalue weighted by Crippen LogP contribution is 2.34. The molecule has 1 atom stereocenters. The van der Waals surface area contributed by atoms with Crippen molar-refractivity contribution in [3.63, 3.8) is 0 Å². The summed E-state index contributed by atoms with van der Waals surface area (Å²) in [6.45, 7) is 0.384. The summed E-state index contributed by atoms with van der Waals surface area (Å²) >= 11 is 0. The van der Waals surface area contributed by atoms with Crippen LogP contribution in [0.25, 0.3) is 0 Å². The van der Waals surface area contributed by atoms with Crippen molar-refractivity contribution in [2.24, 2.45) is 0 Å². The van der Waals surface area contributed by atoms with Gasteiger partial charge in [0.25, 0.3) is 0 Å². The van der Waals surface area contributed by atoms with E-state index in [0.29, 0.717) is 0 Å². The Labute approximate surface area is 119 Å². The molecule has 1 heterocycles. The number of nitrogens with zero attached hydrogens (tertiary/aromatic N) is 1. The van der Waals surface area contributed by atoms with Gasteiger partial charge in [0, 0.05) is 6.54 Å². The summed E-state index contributed by atoms with van der Waals surface area (Å²) in [6, 6.07) is 4.14. The number of aliphatic hydroxyl groups is 1. The lowest BCUT2D eigenvalue weighted by Gasteiger charge is -2.32. The van der Waals surface area contributed by atoms with Crippen molar-refractivity contribution in [1.29, 1.82) is 0 Å². The zero-order valence-corrected chi connectivity index (χ0v) is 11.1. The summed E-state index contributed by atoms with van der Waals surface area (Å²) in [5.41, 5.74) is -1.19. The lowest BCUT2D eigenvalue weighted by Crippen LogP contribution is -2.48. The van der Waals surface area contributed by atoms with E-state index in [9.17, 15) is 18.0 Å². The molecule has 2 amide bonds. The van der Waals surface area contributed by atoms with Crippen LogP contribution in [0, 0.1) is 0 Å². The SMILES string of the molecule is O=C(Nc1ccccc1C(F)(F)F)N1CCOC(CO)C1. The third-order valence-electron chi connectivity index (χ3n) is 3.10. The van der Waals surface area contributed by atoms with Gasteiger partial charge in [-0.05, 0) is 12.1 Å². The highest BCUT2D eigenvalue weighted by atomic mass is 19.4. The average molecular weight is 304 g/mol. The van der Waals surface area contributed by atoms with E-state index in [4.69, 9.17) is 9.84 Å². The maximum absolute atomic E-state index is 12.8. The largest absolute Gasteiger partial charge is 0.418 e. The molecule has 116 valence electrons. The standard InChI is InChI=1S/C13H15F3N2O3/c14-13(15,16)10-3-1-2-4-11(10)17-12(20)18-5-6-21-9(7-18)8-19/h1-4,9,19H,5-8H2,(H,17,20). The Kier molecular flexibility index (Phi) is 4.69. The maximum atomic E-state index is 12.8. The number of para-hydroxylation sites is 1. The number of ether oxygens (including phenoxy) is 1. The zero-order valence-electron chi connectivity index (χ0n) is 11.1. The highest BCUT2D eigenvalue weighted by Gasteiger charge is 2.34. The van der Waals surface area contributed by atoms with Crippen molar-refractivity contribution >= 4 is 11.7 Å².